The van der Waals surface area contributed by atoms with E-state index in [0.717, 1.165) is 16.5 Å². The van der Waals surface area contributed by atoms with E-state index in [0.29, 0.717) is 5.92 Å². The van der Waals surface area contributed by atoms with Gasteiger partial charge in [-0.3, -0.25) is 0 Å². The first-order valence-corrected chi connectivity index (χ1v) is 5.36. The summed E-state index contributed by atoms with van der Waals surface area (Å²) < 4.78 is 13.8. The number of fused-ring (bicyclic) bond motifs is 1. The van der Waals surface area contributed by atoms with Gasteiger partial charge in [-0.05, 0) is 30.0 Å². The van der Waals surface area contributed by atoms with Crippen LogP contribution in [0.3, 0.4) is 0 Å². The molecule has 0 radical (unpaired) electrons. The van der Waals surface area contributed by atoms with Gasteiger partial charge in [0.05, 0.1) is 0 Å². The zero-order chi connectivity index (χ0) is 11.0. The number of H-pyrrole nitrogens is 1. The SMILES string of the molecule is CC(C)C(C)c1c(F)ccc2[nH]ccc12. The zero-order valence-corrected chi connectivity index (χ0v) is 9.34. The van der Waals surface area contributed by atoms with E-state index in [1.54, 1.807) is 12.1 Å². The molecule has 0 aliphatic rings. The minimum absolute atomic E-state index is 0.0942. The molecule has 0 saturated heterocycles. The smallest absolute Gasteiger partial charge is 0.127 e. The first kappa shape index (κ1) is 10.2. The number of halogens is 1. The van der Waals surface area contributed by atoms with E-state index in [-0.39, 0.29) is 11.7 Å². The third-order valence-corrected chi connectivity index (χ3v) is 3.18. The molecule has 1 unspecified atom stereocenters. The third-order valence-electron chi connectivity index (χ3n) is 3.18. The minimum atomic E-state index is -0.0942. The molecule has 0 aliphatic heterocycles. The number of aromatic amines is 1. The molecular formula is C13H16FN. The maximum absolute atomic E-state index is 13.8. The number of aromatic nitrogens is 1. The van der Waals surface area contributed by atoms with Crippen LogP contribution in [0, 0.1) is 11.7 Å². The maximum Gasteiger partial charge on any atom is 0.127 e. The van der Waals surface area contributed by atoms with Gasteiger partial charge in [-0.1, -0.05) is 20.8 Å². The molecule has 1 N–H and O–H groups in total. The van der Waals surface area contributed by atoms with Gasteiger partial charge in [0.15, 0.2) is 0 Å². The van der Waals surface area contributed by atoms with Crippen molar-refractivity contribution in [1.82, 2.24) is 4.98 Å². The average Bonchev–Trinajstić information content (AvgIpc) is 2.64. The molecule has 1 aromatic heterocycles. The van der Waals surface area contributed by atoms with E-state index in [1.807, 2.05) is 12.3 Å². The van der Waals surface area contributed by atoms with Gasteiger partial charge in [-0.25, -0.2) is 4.39 Å². The fourth-order valence-electron chi connectivity index (χ4n) is 1.93. The van der Waals surface area contributed by atoms with Crippen molar-refractivity contribution in [1.29, 1.82) is 0 Å². The van der Waals surface area contributed by atoms with Gasteiger partial charge in [-0.15, -0.1) is 0 Å². The lowest BCUT2D eigenvalue weighted by molar-refractivity contribution is 0.506. The van der Waals surface area contributed by atoms with Gasteiger partial charge in [0, 0.05) is 22.7 Å². The predicted molar refractivity (Wildman–Crippen MR) is 61.5 cm³/mol. The molecule has 1 atom stereocenters. The Morgan fingerprint density at radius 2 is 1.87 bits per heavy atom. The fraction of sp³-hybridized carbons (Fsp3) is 0.385. The highest BCUT2D eigenvalue weighted by Crippen LogP contribution is 2.32. The molecular weight excluding hydrogens is 189 g/mol. The van der Waals surface area contributed by atoms with Crippen LogP contribution < -0.4 is 0 Å². The summed E-state index contributed by atoms with van der Waals surface area (Å²) in [4.78, 5) is 3.11. The number of benzene rings is 1. The highest BCUT2D eigenvalue weighted by Gasteiger charge is 2.17. The second-order valence-electron chi connectivity index (χ2n) is 4.43. The molecule has 1 aromatic carbocycles. The Morgan fingerprint density at radius 1 is 1.13 bits per heavy atom. The lowest BCUT2D eigenvalue weighted by Gasteiger charge is -2.17. The number of rotatable bonds is 2. The molecule has 1 nitrogen and oxygen atoms in total. The van der Waals surface area contributed by atoms with Crippen LogP contribution in [0.5, 0.6) is 0 Å². The predicted octanol–water partition coefficient (Wildman–Crippen LogP) is 4.07. The van der Waals surface area contributed by atoms with Crippen LogP contribution in [-0.2, 0) is 0 Å². The molecule has 1 heterocycles. The Bertz CT molecular complexity index is 470. The van der Waals surface area contributed by atoms with E-state index in [9.17, 15) is 4.39 Å². The Hall–Kier alpha value is -1.31. The van der Waals surface area contributed by atoms with Crippen LogP contribution in [-0.4, -0.2) is 4.98 Å². The van der Waals surface area contributed by atoms with Crippen molar-refractivity contribution in [3.05, 3.63) is 35.8 Å². The summed E-state index contributed by atoms with van der Waals surface area (Å²) >= 11 is 0. The van der Waals surface area contributed by atoms with Crippen molar-refractivity contribution in [3.63, 3.8) is 0 Å². The summed E-state index contributed by atoms with van der Waals surface area (Å²) in [5, 5.41) is 1.01. The lowest BCUT2D eigenvalue weighted by atomic mass is 9.88. The second kappa shape index (κ2) is 3.69. The van der Waals surface area contributed by atoms with Crippen LogP contribution in [0.15, 0.2) is 24.4 Å². The molecule has 15 heavy (non-hydrogen) atoms. The largest absolute Gasteiger partial charge is 0.361 e. The van der Waals surface area contributed by atoms with Gasteiger partial charge in [0.2, 0.25) is 0 Å². The number of nitrogens with one attached hydrogen (secondary N) is 1. The highest BCUT2D eigenvalue weighted by atomic mass is 19.1. The molecule has 0 saturated carbocycles. The molecule has 0 bridgehead atoms. The van der Waals surface area contributed by atoms with Gasteiger partial charge in [0.1, 0.15) is 5.82 Å². The summed E-state index contributed by atoms with van der Waals surface area (Å²) in [6.45, 7) is 6.32. The fourth-order valence-corrected chi connectivity index (χ4v) is 1.93. The molecule has 0 fully saturated rings. The van der Waals surface area contributed by atoms with Gasteiger partial charge < -0.3 is 4.98 Å². The molecule has 0 amide bonds. The first-order valence-electron chi connectivity index (χ1n) is 5.36. The molecule has 0 spiro atoms. The normalized spacial score (nSPS) is 13.7. The van der Waals surface area contributed by atoms with E-state index < -0.39 is 0 Å². The summed E-state index contributed by atoms with van der Waals surface area (Å²) in [5.41, 5.74) is 1.85. The van der Waals surface area contributed by atoms with Crippen molar-refractivity contribution in [2.24, 2.45) is 5.92 Å². The van der Waals surface area contributed by atoms with Crippen LogP contribution in [0.1, 0.15) is 32.3 Å². The highest BCUT2D eigenvalue weighted by molar-refractivity contribution is 5.83. The summed E-state index contributed by atoms with van der Waals surface area (Å²) in [6.07, 6.45) is 1.86. The topological polar surface area (TPSA) is 15.8 Å². The van der Waals surface area contributed by atoms with E-state index in [4.69, 9.17) is 0 Å². The van der Waals surface area contributed by atoms with E-state index in [2.05, 4.69) is 25.8 Å². The number of hydrogen-bond acceptors (Lipinski definition) is 0. The Labute approximate surface area is 89.3 Å². The van der Waals surface area contributed by atoms with Gasteiger partial charge >= 0.3 is 0 Å². The first-order chi connectivity index (χ1) is 7.11. The van der Waals surface area contributed by atoms with Gasteiger partial charge in [0.25, 0.3) is 0 Å². The quantitative estimate of drug-likeness (QED) is 0.760. The molecule has 2 heteroatoms. The molecule has 0 aliphatic carbocycles. The van der Waals surface area contributed by atoms with Crippen molar-refractivity contribution in [2.45, 2.75) is 26.7 Å². The summed E-state index contributed by atoms with van der Waals surface area (Å²) in [7, 11) is 0. The third kappa shape index (κ3) is 1.65. The summed E-state index contributed by atoms with van der Waals surface area (Å²) in [5.74, 6) is 0.591. The second-order valence-corrected chi connectivity index (χ2v) is 4.43. The lowest BCUT2D eigenvalue weighted by Crippen LogP contribution is -2.05. The van der Waals surface area contributed by atoms with Crippen molar-refractivity contribution >= 4 is 10.9 Å². The van der Waals surface area contributed by atoms with Crippen LogP contribution in [0.4, 0.5) is 4.39 Å². The van der Waals surface area contributed by atoms with Crippen molar-refractivity contribution in [2.75, 3.05) is 0 Å². The Morgan fingerprint density at radius 3 is 2.53 bits per heavy atom. The standard InChI is InChI=1S/C13H16FN/c1-8(2)9(3)13-10-6-7-15-12(10)5-4-11(13)14/h4-9,15H,1-3H3. The summed E-state index contributed by atoms with van der Waals surface area (Å²) in [6, 6.07) is 5.29. The Kier molecular flexibility index (Phi) is 2.51. The van der Waals surface area contributed by atoms with E-state index in [1.165, 1.54) is 0 Å². The monoisotopic (exact) mass is 205 g/mol. The zero-order valence-electron chi connectivity index (χ0n) is 9.34. The van der Waals surface area contributed by atoms with Crippen molar-refractivity contribution < 1.29 is 4.39 Å². The minimum Gasteiger partial charge on any atom is -0.361 e. The van der Waals surface area contributed by atoms with Crippen LogP contribution in [0.2, 0.25) is 0 Å². The average molecular weight is 205 g/mol. The van der Waals surface area contributed by atoms with E-state index >= 15 is 0 Å². The van der Waals surface area contributed by atoms with Crippen LogP contribution >= 0.6 is 0 Å². The maximum atomic E-state index is 13.8. The molecule has 2 aromatic rings. The number of hydrogen-bond donors (Lipinski definition) is 1. The van der Waals surface area contributed by atoms with Crippen molar-refractivity contribution in [3.8, 4) is 0 Å². The van der Waals surface area contributed by atoms with Crippen LogP contribution in [0.25, 0.3) is 10.9 Å². The molecule has 80 valence electrons. The molecule has 2 rings (SSSR count). The van der Waals surface area contributed by atoms with Gasteiger partial charge in [-0.2, -0.15) is 0 Å². The Balaban J connectivity index is 2.66.